The first-order valence-electron chi connectivity index (χ1n) is 5.51. The van der Waals surface area contributed by atoms with Crippen LogP contribution in [0.15, 0.2) is 16.9 Å². The van der Waals surface area contributed by atoms with Gasteiger partial charge in [0.15, 0.2) is 0 Å². The Morgan fingerprint density at radius 1 is 1.31 bits per heavy atom. The van der Waals surface area contributed by atoms with Crippen molar-refractivity contribution in [2.45, 2.75) is 27.3 Å². The van der Waals surface area contributed by atoms with Gasteiger partial charge in [-0.2, -0.15) is 5.10 Å². The first-order valence-corrected chi connectivity index (χ1v) is 5.51. The Hall–Kier alpha value is -1.65. The van der Waals surface area contributed by atoms with E-state index in [1.165, 1.54) is 16.8 Å². The summed E-state index contributed by atoms with van der Waals surface area (Å²) < 4.78 is 1.29. The topological polar surface area (TPSA) is 55.2 Å². The summed E-state index contributed by atoms with van der Waals surface area (Å²) in [5.74, 6) is -0.132. The van der Waals surface area contributed by atoms with Crippen LogP contribution in [0.4, 0.5) is 0 Å². The van der Waals surface area contributed by atoms with E-state index >= 15 is 0 Å². The van der Waals surface area contributed by atoms with Gasteiger partial charge in [0.1, 0.15) is 5.69 Å². The van der Waals surface area contributed by atoms with Gasteiger partial charge >= 0.3 is 0 Å². The molecule has 0 atom stereocenters. The predicted octanol–water partition coefficient (Wildman–Crippen LogP) is 0.745. The second-order valence-corrected chi connectivity index (χ2v) is 3.35. The zero-order valence-corrected chi connectivity index (χ0v) is 9.93. The van der Waals surface area contributed by atoms with Gasteiger partial charge in [0.2, 0.25) is 0 Å². The van der Waals surface area contributed by atoms with Crippen molar-refractivity contribution in [3.05, 3.63) is 28.2 Å². The van der Waals surface area contributed by atoms with Crippen molar-refractivity contribution in [3.8, 4) is 0 Å². The molecule has 0 radical (unpaired) electrons. The van der Waals surface area contributed by atoms with Gasteiger partial charge in [-0.1, -0.05) is 0 Å². The van der Waals surface area contributed by atoms with Crippen LogP contribution in [0, 0.1) is 0 Å². The number of rotatable bonds is 4. The molecular formula is C11H17N3O2. The molecule has 0 bridgehead atoms. The van der Waals surface area contributed by atoms with Crippen LogP contribution in [0.1, 0.15) is 31.3 Å². The van der Waals surface area contributed by atoms with Gasteiger partial charge in [-0.25, -0.2) is 4.68 Å². The van der Waals surface area contributed by atoms with Crippen LogP contribution in [0.25, 0.3) is 0 Å². The van der Waals surface area contributed by atoms with Crippen molar-refractivity contribution < 1.29 is 4.79 Å². The summed E-state index contributed by atoms with van der Waals surface area (Å²) in [4.78, 5) is 24.9. The first kappa shape index (κ1) is 12.4. The molecule has 1 aromatic heterocycles. The lowest BCUT2D eigenvalue weighted by Gasteiger charge is -2.18. The summed E-state index contributed by atoms with van der Waals surface area (Å²) in [5.41, 5.74) is 0.142. The molecule has 0 aliphatic carbocycles. The third kappa shape index (κ3) is 2.48. The summed E-state index contributed by atoms with van der Waals surface area (Å²) in [6, 6.07) is 2.86. The Labute approximate surface area is 94.7 Å². The maximum atomic E-state index is 11.9. The van der Waals surface area contributed by atoms with Crippen molar-refractivity contribution >= 4 is 5.91 Å². The average molecular weight is 223 g/mol. The number of aryl methyl sites for hydroxylation is 1. The lowest BCUT2D eigenvalue weighted by atomic mass is 10.3. The maximum absolute atomic E-state index is 11.9. The molecule has 0 aliphatic heterocycles. The zero-order chi connectivity index (χ0) is 12.1. The Bertz CT molecular complexity index is 421. The summed E-state index contributed by atoms with van der Waals surface area (Å²) in [6.45, 7) is 7.40. The van der Waals surface area contributed by atoms with E-state index < -0.39 is 0 Å². The fraction of sp³-hybridized carbons (Fsp3) is 0.545. The number of amides is 1. The SMILES string of the molecule is CCN(CC)C(=O)c1ccc(=O)n(CC)n1. The number of aromatic nitrogens is 2. The smallest absolute Gasteiger partial charge is 0.274 e. The quantitative estimate of drug-likeness (QED) is 0.756. The normalized spacial score (nSPS) is 10.2. The van der Waals surface area contributed by atoms with E-state index in [0.717, 1.165) is 0 Å². The van der Waals surface area contributed by atoms with Crippen molar-refractivity contribution in [2.75, 3.05) is 13.1 Å². The number of hydrogen-bond acceptors (Lipinski definition) is 3. The number of carbonyl (C=O) groups is 1. The Morgan fingerprint density at radius 2 is 1.94 bits per heavy atom. The molecule has 88 valence electrons. The molecule has 1 aromatic rings. The largest absolute Gasteiger partial charge is 0.338 e. The molecule has 0 fully saturated rings. The third-order valence-electron chi connectivity index (χ3n) is 2.44. The molecule has 0 N–H and O–H groups in total. The molecule has 5 nitrogen and oxygen atoms in total. The van der Waals surface area contributed by atoms with Crippen molar-refractivity contribution in [1.82, 2.24) is 14.7 Å². The van der Waals surface area contributed by atoms with Crippen molar-refractivity contribution in [1.29, 1.82) is 0 Å². The van der Waals surface area contributed by atoms with Gasteiger partial charge in [0.25, 0.3) is 11.5 Å². The van der Waals surface area contributed by atoms with E-state index in [0.29, 0.717) is 25.3 Å². The van der Waals surface area contributed by atoms with E-state index in [9.17, 15) is 9.59 Å². The van der Waals surface area contributed by atoms with Crippen LogP contribution in [0.3, 0.4) is 0 Å². The van der Waals surface area contributed by atoms with Gasteiger partial charge in [-0.05, 0) is 26.8 Å². The Kier molecular flexibility index (Phi) is 4.22. The van der Waals surface area contributed by atoms with Gasteiger partial charge in [-0.3, -0.25) is 9.59 Å². The molecule has 0 saturated carbocycles. The van der Waals surface area contributed by atoms with E-state index in [-0.39, 0.29) is 11.5 Å². The highest BCUT2D eigenvalue weighted by Gasteiger charge is 2.14. The third-order valence-corrected chi connectivity index (χ3v) is 2.44. The minimum Gasteiger partial charge on any atom is -0.338 e. The van der Waals surface area contributed by atoms with Gasteiger partial charge < -0.3 is 4.90 Å². The summed E-state index contributed by atoms with van der Waals surface area (Å²) in [6.07, 6.45) is 0. The van der Waals surface area contributed by atoms with Crippen molar-refractivity contribution in [3.63, 3.8) is 0 Å². The second-order valence-electron chi connectivity index (χ2n) is 3.35. The van der Waals surface area contributed by atoms with Gasteiger partial charge in [-0.15, -0.1) is 0 Å². The van der Waals surface area contributed by atoms with Crippen LogP contribution in [-0.2, 0) is 6.54 Å². The molecule has 1 amide bonds. The number of hydrogen-bond donors (Lipinski definition) is 0. The fourth-order valence-corrected chi connectivity index (χ4v) is 1.46. The number of nitrogens with zero attached hydrogens (tertiary/aromatic N) is 3. The lowest BCUT2D eigenvalue weighted by molar-refractivity contribution is 0.0764. The summed E-state index contributed by atoms with van der Waals surface area (Å²) in [5, 5.41) is 4.02. The van der Waals surface area contributed by atoms with Crippen LogP contribution in [0.5, 0.6) is 0 Å². The molecule has 5 heteroatoms. The monoisotopic (exact) mass is 223 g/mol. The fourth-order valence-electron chi connectivity index (χ4n) is 1.46. The standard InChI is InChI=1S/C11H17N3O2/c1-4-13(5-2)11(16)9-7-8-10(15)14(6-3)12-9/h7-8H,4-6H2,1-3H3. The number of carbonyl (C=O) groups excluding carboxylic acids is 1. The summed E-state index contributed by atoms with van der Waals surface area (Å²) in [7, 11) is 0. The van der Waals surface area contributed by atoms with Crippen LogP contribution in [0.2, 0.25) is 0 Å². The molecule has 1 heterocycles. The van der Waals surface area contributed by atoms with Gasteiger partial charge in [0, 0.05) is 25.7 Å². The molecule has 0 spiro atoms. The lowest BCUT2D eigenvalue weighted by Crippen LogP contribution is -2.33. The minimum atomic E-state index is -0.182. The molecule has 0 unspecified atom stereocenters. The van der Waals surface area contributed by atoms with E-state index in [1.54, 1.807) is 4.90 Å². The average Bonchev–Trinajstić information content (AvgIpc) is 2.31. The van der Waals surface area contributed by atoms with E-state index in [4.69, 9.17) is 0 Å². The maximum Gasteiger partial charge on any atom is 0.274 e. The van der Waals surface area contributed by atoms with E-state index in [2.05, 4.69) is 5.10 Å². The highest BCUT2D eigenvalue weighted by atomic mass is 16.2. The molecule has 0 aliphatic rings. The Morgan fingerprint density at radius 3 is 2.44 bits per heavy atom. The second kappa shape index (κ2) is 5.44. The van der Waals surface area contributed by atoms with Crippen LogP contribution in [-0.4, -0.2) is 33.7 Å². The summed E-state index contributed by atoms with van der Waals surface area (Å²) >= 11 is 0. The Balaban J connectivity index is 3.05. The molecule has 1 rings (SSSR count). The predicted molar refractivity (Wildman–Crippen MR) is 61.4 cm³/mol. The van der Waals surface area contributed by atoms with Crippen LogP contribution >= 0.6 is 0 Å². The molecule has 0 saturated heterocycles. The minimum absolute atomic E-state index is 0.132. The highest BCUT2D eigenvalue weighted by molar-refractivity contribution is 5.92. The molecule has 16 heavy (non-hydrogen) atoms. The zero-order valence-electron chi connectivity index (χ0n) is 9.93. The van der Waals surface area contributed by atoms with Crippen molar-refractivity contribution in [2.24, 2.45) is 0 Å². The van der Waals surface area contributed by atoms with Gasteiger partial charge in [0.05, 0.1) is 0 Å². The molecule has 0 aromatic carbocycles. The first-order chi connectivity index (χ1) is 7.63. The van der Waals surface area contributed by atoms with Crippen LogP contribution < -0.4 is 5.56 Å². The molecular weight excluding hydrogens is 206 g/mol. The van der Waals surface area contributed by atoms with E-state index in [1.807, 2.05) is 20.8 Å². The highest BCUT2D eigenvalue weighted by Crippen LogP contribution is 1.99.